The van der Waals surface area contributed by atoms with Gasteiger partial charge in [-0.2, -0.15) is 5.10 Å². The van der Waals surface area contributed by atoms with E-state index < -0.39 is 29.7 Å². The molecule has 13 heteroatoms. The van der Waals surface area contributed by atoms with Crippen LogP contribution in [0.3, 0.4) is 0 Å². The van der Waals surface area contributed by atoms with Crippen LogP contribution >= 0.6 is 0 Å². The number of pyridine rings is 1. The van der Waals surface area contributed by atoms with Gasteiger partial charge < -0.3 is 19.8 Å². The molecule has 1 atom stereocenters. The summed E-state index contributed by atoms with van der Waals surface area (Å²) in [6, 6.07) is 7.83. The van der Waals surface area contributed by atoms with Crippen molar-refractivity contribution in [2.45, 2.75) is 37.3 Å². The maximum Gasteiger partial charge on any atom is 0.309 e. The minimum atomic E-state index is -3.75. The second-order valence-electron chi connectivity index (χ2n) is 9.14. The van der Waals surface area contributed by atoms with Gasteiger partial charge in [-0.05, 0) is 37.5 Å². The number of likely N-dealkylation sites (N-methyl/N-ethyl adjacent to an activating group) is 1. The molecule has 0 aromatic carbocycles. The number of nitrogens with one attached hydrogen (secondary N) is 1. The van der Waals surface area contributed by atoms with Gasteiger partial charge in [-0.15, -0.1) is 0 Å². The number of likely N-dealkylation sites (tertiary alicyclic amines) is 1. The van der Waals surface area contributed by atoms with Crippen LogP contribution in [-0.2, 0) is 23.4 Å². The summed E-state index contributed by atoms with van der Waals surface area (Å²) in [7, 11) is 1.18. The van der Waals surface area contributed by atoms with Crippen LogP contribution in [0.2, 0.25) is 0 Å². The van der Waals surface area contributed by atoms with Crippen LogP contribution in [0.15, 0.2) is 47.2 Å². The lowest BCUT2D eigenvalue weighted by Crippen LogP contribution is -2.46. The lowest BCUT2D eigenvalue weighted by atomic mass is 9.95. The molecule has 0 saturated carbocycles. The summed E-state index contributed by atoms with van der Waals surface area (Å²) in [5.41, 5.74) is 0.203. The SMILES string of the molecule is CN1CC(F)(F)C(O)(c2cc(-c3cccc(-c4ccnc(Nc5cnn6c5CCCC6)n4)n3)no2)C1=O. The van der Waals surface area contributed by atoms with E-state index >= 15 is 0 Å². The summed E-state index contributed by atoms with van der Waals surface area (Å²) in [6.07, 6.45) is 6.49. The molecule has 2 aliphatic heterocycles. The van der Waals surface area contributed by atoms with E-state index in [9.17, 15) is 18.7 Å². The standard InChI is InChI=1S/C24H22F2N8O3/c1-33-13-23(25,26)24(36,21(33)35)20-11-17(32-37-20)15-6-4-5-14(29-15)16-8-9-27-22(30-16)31-18-12-28-34-10-3-2-7-19(18)34/h4-6,8-9,11-12,36H,2-3,7,10,13H2,1H3,(H,27,30,31). The van der Waals surface area contributed by atoms with Crippen LogP contribution in [0.25, 0.3) is 22.8 Å². The van der Waals surface area contributed by atoms with E-state index in [1.807, 2.05) is 4.68 Å². The molecule has 0 spiro atoms. The number of carbonyl (C=O) groups excluding carboxylic acids is 1. The van der Waals surface area contributed by atoms with Gasteiger partial charge in [0.2, 0.25) is 5.95 Å². The molecule has 37 heavy (non-hydrogen) atoms. The van der Waals surface area contributed by atoms with Gasteiger partial charge in [-0.25, -0.2) is 23.7 Å². The summed E-state index contributed by atoms with van der Waals surface area (Å²) in [6.45, 7) is -0.0449. The number of aryl methyl sites for hydroxylation is 1. The second kappa shape index (κ2) is 8.40. The zero-order valence-electron chi connectivity index (χ0n) is 19.7. The molecule has 0 radical (unpaired) electrons. The lowest BCUT2D eigenvalue weighted by molar-refractivity contribution is -0.179. The van der Waals surface area contributed by atoms with Crippen molar-refractivity contribution in [2.24, 2.45) is 0 Å². The zero-order valence-corrected chi connectivity index (χ0v) is 19.7. The van der Waals surface area contributed by atoms with Crippen LogP contribution in [0.1, 0.15) is 24.3 Å². The molecule has 6 heterocycles. The molecular weight excluding hydrogens is 486 g/mol. The van der Waals surface area contributed by atoms with E-state index in [0.29, 0.717) is 17.3 Å². The van der Waals surface area contributed by atoms with Gasteiger partial charge in [0.05, 0.1) is 41.2 Å². The van der Waals surface area contributed by atoms with Crippen molar-refractivity contribution >= 4 is 17.5 Å². The first kappa shape index (κ1) is 23.2. The highest BCUT2D eigenvalue weighted by molar-refractivity contribution is 5.89. The molecule has 6 rings (SSSR count). The monoisotopic (exact) mass is 508 g/mol. The minimum Gasteiger partial charge on any atom is -0.368 e. The number of halogens is 2. The average Bonchev–Trinajstić information content (AvgIpc) is 3.59. The van der Waals surface area contributed by atoms with E-state index in [1.165, 1.54) is 7.05 Å². The van der Waals surface area contributed by atoms with Gasteiger partial charge >= 0.3 is 5.92 Å². The maximum absolute atomic E-state index is 14.5. The lowest BCUT2D eigenvalue weighted by Gasteiger charge is -2.22. The number of nitrogens with zero attached hydrogens (tertiary/aromatic N) is 7. The molecule has 2 N–H and O–H groups in total. The molecule has 1 saturated heterocycles. The fourth-order valence-electron chi connectivity index (χ4n) is 4.70. The first-order chi connectivity index (χ1) is 17.8. The zero-order chi connectivity index (χ0) is 25.8. The Kier molecular flexibility index (Phi) is 5.26. The number of carbonyl (C=O) groups is 1. The average molecular weight is 508 g/mol. The number of alkyl halides is 2. The third-order valence-electron chi connectivity index (χ3n) is 6.65. The quantitative estimate of drug-likeness (QED) is 0.417. The predicted molar refractivity (Wildman–Crippen MR) is 126 cm³/mol. The number of hydrogen-bond acceptors (Lipinski definition) is 9. The van der Waals surface area contributed by atoms with Gasteiger partial charge in [-0.1, -0.05) is 11.2 Å². The fourth-order valence-corrected chi connectivity index (χ4v) is 4.70. The minimum absolute atomic E-state index is 0.0855. The largest absolute Gasteiger partial charge is 0.368 e. The number of fused-ring (bicyclic) bond motifs is 1. The summed E-state index contributed by atoms with van der Waals surface area (Å²) in [4.78, 5) is 26.5. The van der Waals surface area contributed by atoms with Crippen molar-refractivity contribution in [2.75, 3.05) is 18.9 Å². The van der Waals surface area contributed by atoms with Crippen molar-refractivity contribution in [3.63, 3.8) is 0 Å². The maximum atomic E-state index is 14.5. The highest BCUT2D eigenvalue weighted by atomic mass is 19.3. The molecule has 4 aromatic heterocycles. The Labute approximate surface area is 209 Å². The Hall–Kier alpha value is -4.26. The van der Waals surface area contributed by atoms with E-state index in [0.717, 1.165) is 48.2 Å². The van der Waals surface area contributed by atoms with Gasteiger partial charge in [0.15, 0.2) is 5.76 Å². The topological polar surface area (TPSA) is 135 Å². The highest BCUT2D eigenvalue weighted by Gasteiger charge is 2.68. The van der Waals surface area contributed by atoms with Gasteiger partial charge in [0, 0.05) is 25.9 Å². The number of rotatable bonds is 5. The highest BCUT2D eigenvalue weighted by Crippen LogP contribution is 2.45. The smallest absolute Gasteiger partial charge is 0.309 e. The third-order valence-corrected chi connectivity index (χ3v) is 6.65. The Bertz CT molecular complexity index is 1500. The summed E-state index contributed by atoms with van der Waals surface area (Å²) in [5.74, 6) is -5.18. The predicted octanol–water partition coefficient (Wildman–Crippen LogP) is 2.76. The number of aromatic nitrogens is 6. The van der Waals surface area contributed by atoms with Crippen LogP contribution in [0, 0.1) is 0 Å². The summed E-state index contributed by atoms with van der Waals surface area (Å²) < 4.78 is 36.0. The first-order valence-electron chi connectivity index (χ1n) is 11.7. The molecule has 1 amide bonds. The van der Waals surface area contributed by atoms with Crippen LogP contribution in [0.4, 0.5) is 20.4 Å². The molecule has 4 aromatic rings. The Balaban J connectivity index is 1.28. The van der Waals surface area contributed by atoms with Gasteiger partial charge in [0.1, 0.15) is 5.69 Å². The summed E-state index contributed by atoms with van der Waals surface area (Å²) >= 11 is 0. The summed E-state index contributed by atoms with van der Waals surface area (Å²) in [5, 5.41) is 22.0. The molecule has 1 unspecified atom stereocenters. The van der Waals surface area contributed by atoms with Crippen molar-refractivity contribution in [3.05, 3.63) is 54.2 Å². The first-order valence-corrected chi connectivity index (χ1v) is 11.7. The molecule has 1 fully saturated rings. The second-order valence-corrected chi connectivity index (χ2v) is 9.14. The number of aliphatic hydroxyl groups is 1. The number of amides is 1. The van der Waals surface area contributed by atoms with E-state index in [2.05, 4.69) is 30.5 Å². The van der Waals surface area contributed by atoms with Gasteiger partial charge in [-0.3, -0.25) is 9.48 Å². The molecule has 2 aliphatic rings. The van der Waals surface area contributed by atoms with Crippen LogP contribution < -0.4 is 5.32 Å². The fraction of sp³-hybridized carbons (Fsp3) is 0.333. The Morgan fingerprint density at radius 1 is 1.11 bits per heavy atom. The van der Waals surface area contributed by atoms with Gasteiger partial charge in [0.25, 0.3) is 11.5 Å². The number of anilines is 2. The van der Waals surface area contributed by atoms with Crippen molar-refractivity contribution in [3.8, 4) is 22.8 Å². The van der Waals surface area contributed by atoms with E-state index in [1.54, 1.807) is 36.7 Å². The van der Waals surface area contributed by atoms with Crippen molar-refractivity contribution in [1.29, 1.82) is 0 Å². The molecule has 0 aliphatic carbocycles. The Morgan fingerprint density at radius 2 is 1.89 bits per heavy atom. The van der Waals surface area contributed by atoms with Crippen molar-refractivity contribution < 1.29 is 23.2 Å². The Morgan fingerprint density at radius 3 is 2.68 bits per heavy atom. The van der Waals surface area contributed by atoms with Crippen LogP contribution in [0.5, 0.6) is 0 Å². The van der Waals surface area contributed by atoms with Crippen LogP contribution in [-0.4, -0.2) is 65.3 Å². The van der Waals surface area contributed by atoms with E-state index in [4.69, 9.17) is 4.52 Å². The molecule has 11 nitrogen and oxygen atoms in total. The van der Waals surface area contributed by atoms with Crippen molar-refractivity contribution in [1.82, 2.24) is 34.8 Å². The molecule has 190 valence electrons. The third kappa shape index (κ3) is 3.73. The number of hydrogen-bond donors (Lipinski definition) is 2. The molecule has 0 bridgehead atoms. The molecular formula is C24H22F2N8O3. The normalized spacial score (nSPS) is 20.8. The van der Waals surface area contributed by atoms with E-state index in [-0.39, 0.29) is 11.4 Å².